The number of carbonyl (C=O) groups excluding carboxylic acids is 7. The van der Waals surface area contributed by atoms with Crippen molar-refractivity contribution >= 4 is 65.0 Å². The number of phenolic OH excluding ortho intramolecular Hbond substituents is 1. The number of unbranched alkanes of at least 4 members (excludes halogenated alkanes) is 4. The number of aromatic hydroxyl groups is 1. The van der Waals surface area contributed by atoms with Gasteiger partial charge >= 0.3 is 0 Å². The third-order valence-electron chi connectivity index (χ3n) is 15.5. The highest BCUT2D eigenvalue weighted by Crippen LogP contribution is 2.33. The Hall–Kier alpha value is -7.18. The molecule has 1 aromatic heterocycles. The van der Waals surface area contributed by atoms with Crippen LogP contribution in [0.4, 0.5) is 0 Å². The Bertz CT molecular complexity index is 3060. The van der Waals surface area contributed by atoms with Crippen LogP contribution in [0.25, 0.3) is 21.1 Å². The minimum atomic E-state index is -2.11. The number of aliphatic hydroxyl groups is 6. The Kier molecular flexibility index (Phi) is 26.4. The Morgan fingerprint density at radius 2 is 1.40 bits per heavy atom. The molecule has 3 aliphatic heterocycles. The van der Waals surface area contributed by atoms with Gasteiger partial charge in [-0.2, -0.15) is 0 Å². The zero-order valence-electron chi connectivity index (χ0n) is 49.6. The quantitative estimate of drug-likeness (QED) is 0.0177. The molecule has 30 nitrogen and oxygen atoms in total. The van der Waals surface area contributed by atoms with Crippen molar-refractivity contribution in [1.29, 1.82) is 0 Å². The third-order valence-corrected chi connectivity index (χ3v) is 16.9. The highest BCUT2D eigenvalue weighted by atomic mass is 32.2. The molecule has 492 valence electrons. The number of hydrogen-bond donors (Lipinski definition) is 14. The van der Waals surface area contributed by atoms with Gasteiger partial charge in [0.1, 0.15) is 52.0 Å². The molecule has 32 heteroatoms. The minimum absolute atomic E-state index is 0.0207. The number of benzene rings is 3. The van der Waals surface area contributed by atoms with E-state index in [1.807, 2.05) is 24.3 Å². The third kappa shape index (κ3) is 18.7. The van der Waals surface area contributed by atoms with Crippen molar-refractivity contribution in [3.8, 4) is 38.4 Å². The minimum Gasteiger partial charge on any atom is -0.504 e. The molecule has 15 N–H and O–H groups in total. The molecule has 4 heterocycles. The predicted octanol–water partition coefficient (Wildman–Crippen LogP) is -0.786. The van der Waals surface area contributed by atoms with E-state index in [1.54, 1.807) is 19.2 Å². The summed E-state index contributed by atoms with van der Waals surface area (Å²) in [5, 5.41) is 113. The average molecular weight is 1300 g/mol. The van der Waals surface area contributed by atoms with Crippen molar-refractivity contribution in [1.82, 2.24) is 46.6 Å². The molecule has 90 heavy (non-hydrogen) atoms. The molecule has 3 fully saturated rings. The van der Waals surface area contributed by atoms with Crippen LogP contribution in [0, 0.1) is 5.92 Å². The average Bonchev–Trinajstić information content (AvgIpc) is 1.79. The summed E-state index contributed by atoms with van der Waals surface area (Å²) in [6.07, 6.45) is -7.00. The van der Waals surface area contributed by atoms with Crippen LogP contribution in [0.15, 0.2) is 66.7 Å². The number of phenols is 1. The van der Waals surface area contributed by atoms with Gasteiger partial charge in [-0.1, -0.05) is 65.1 Å². The summed E-state index contributed by atoms with van der Waals surface area (Å²) in [4.78, 5) is 103. The number of ether oxygens (including phenoxy) is 2. The second kappa shape index (κ2) is 33.8. The second-order valence-electron chi connectivity index (χ2n) is 22.3. The van der Waals surface area contributed by atoms with Crippen LogP contribution >= 0.6 is 23.7 Å². The molecule has 13 atom stereocenters. The van der Waals surface area contributed by atoms with Crippen molar-refractivity contribution in [2.24, 2.45) is 11.7 Å². The van der Waals surface area contributed by atoms with Crippen LogP contribution in [-0.4, -0.2) is 222 Å². The van der Waals surface area contributed by atoms with Gasteiger partial charge in [-0.05, 0) is 86.8 Å². The number of nitrogens with zero attached hydrogens (tertiary/aromatic N) is 4. The van der Waals surface area contributed by atoms with E-state index >= 15 is 0 Å². The van der Waals surface area contributed by atoms with Crippen LogP contribution < -0.4 is 41.2 Å². The van der Waals surface area contributed by atoms with Gasteiger partial charge in [0.05, 0.1) is 43.2 Å². The summed E-state index contributed by atoms with van der Waals surface area (Å²) in [5.41, 5.74) is 7.33. The van der Waals surface area contributed by atoms with Crippen LogP contribution in [0.2, 0.25) is 0 Å². The van der Waals surface area contributed by atoms with Crippen molar-refractivity contribution in [2.75, 3.05) is 46.5 Å². The van der Waals surface area contributed by atoms with E-state index < -0.39 is 158 Å². The monoisotopic (exact) mass is 1300 g/mol. The number of aromatic nitrogens is 2. The lowest BCUT2D eigenvalue weighted by Gasteiger charge is -2.34. The summed E-state index contributed by atoms with van der Waals surface area (Å²) >= 11 is 1.38. The summed E-state index contributed by atoms with van der Waals surface area (Å²) in [5.74, 6) is -8.61. The standard InChI is InChI=1S/C58H78N10O20S2/c1-30-28-68-48(49(30)75)54(80)60-27-36(70)25-39(61-50(76)33-10-12-34(13-11-33)55-65-66-56(89-55)35-14-16-38(17-15-35)85-22-8-6-4-5-7-21-84-3)51(77)62-45(31(2)69)57(81)67-29-37(71)26-40(67)52(78)63-46(53(79)64-47(58(68)82)42(73)19-20-59)43(74)23-32-9-18-41(72)44(24-32)86-90-88-87-83/h9-18,24,30-31,36-37,39-40,42-43,45-49,69-75,83H,4-8,19-23,25-29,59H2,1-3H3,(H,60,80)(H,61,76)(H,62,77)(H,63,78)(H,64,79)/t30-,31+,36+,37+,39+,40+,42-,43-,45+,46+,47+,48+,49+/m1/s1. The molecule has 7 amide bonds. The molecule has 4 aromatic rings. The number of amides is 7. The van der Waals surface area contributed by atoms with Gasteiger partial charge in [0.25, 0.3) is 18.2 Å². The Morgan fingerprint density at radius 1 is 0.767 bits per heavy atom. The number of fused-ring (bicyclic) bond motifs is 2. The first kappa shape index (κ1) is 70.3. The highest BCUT2D eigenvalue weighted by molar-refractivity contribution is 7.90. The van der Waals surface area contributed by atoms with E-state index in [2.05, 4.69) is 46.2 Å². The zero-order valence-corrected chi connectivity index (χ0v) is 51.3. The molecule has 7 rings (SSSR count). The lowest BCUT2D eigenvalue weighted by atomic mass is 9.98. The van der Waals surface area contributed by atoms with E-state index in [-0.39, 0.29) is 48.7 Å². The second-order valence-corrected chi connectivity index (χ2v) is 23.7. The fourth-order valence-corrected chi connectivity index (χ4v) is 11.8. The predicted molar refractivity (Wildman–Crippen MR) is 321 cm³/mol. The van der Waals surface area contributed by atoms with Gasteiger partial charge in [0.2, 0.25) is 35.4 Å². The molecular formula is C58H78N10O20S2. The van der Waals surface area contributed by atoms with Gasteiger partial charge < -0.3 is 91.5 Å². The number of hydrogen-bond acceptors (Lipinski definition) is 25. The zero-order chi connectivity index (χ0) is 65.2. The van der Waals surface area contributed by atoms with E-state index in [9.17, 15) is 69.3 Å². The van der Waals surface area contributed by atoms with Crippen molar-refractivity contribution in [3.05, 3.63) is 77.9 Å². The van der Waals surface area contributed by atoms with Gasteiger partial charge in [0, 0.05) is 75.2 Å². The summed E-state index contributed by atoms with van der Waals surface area (Å²) in [6.45, 7) is 2.20. The Balaban J connectivity index is 1.14. The van der Waals surface area contributed by atoms with Gasteiger partial charge in [-0.15, -0.1) is 10.2 Å². The van der Waals surface area contributed by atoms with Crippen molar-refractivity contribution < 1.29 is 97.6 Å². The maximum absolute atomic E-state index is 14.7. The first-order valence-electron chi connectivity index (χ1n) is 29.3. The highest BCUT2D eigenvalue weighted by Gasteiger charge is 2.50. The molecule has 3 saturated heterocycles. The molecule has 3 aliphatic rings. The topological polar surface area (TPSA) is 446 Å². The first-order valence-corrected chi connectivity index (χ1v) is 30.8. The SMILES string of the molecule is COCCCCCCCOc1ccc(-c2nnc(-c3ccc(C(=O)N[C@H]4C[C@H](O)CNC(=O)[C@@H]5[C@@H](O)[C@H](C)CN5C(=O)[C@H]([C@H](O)CCN)NC(=O)[C@H]([C@H](O)Cc5ccc(O)c(OSOOO)c5)NC(=O)[C@@H]5C[C@H](O)CN5C(=O)[C@H]([C@H](C)O)NC4=O)cc3)s2)cc1. The number of aliphatic hydroxyl groups excluding tert-OH is 6. The smallest absolute Gasteiger partial charge is 0.261 e. The van der Waals surface area contributed by atoms with E-state index in [1.165, 1.54) is 42.5 Å². The molecule has 0 bridgehead atoms. The fourth-order valence-electron chi connectivity index (χ4n) is 10.7. The van der Waals surface area contributed by atoms with E-state index in [0.29, 0.717) is 22.2 Å². The van der Waals surface area contributed by atoms with Gasteiger partial charge in [0.15, 0.2) is 11.5 Å². The molecule has 0 unspecified atom stereocenters. The lowest BCUT2D eigenvalue weighted by Crippen LogP contribution is -2.64. The van der Waals surface area contributed by atoms with Crippen LogP contribution in [-0.2, 0) is 49.3 Å². The normalized spacial score (nSPS) is 25.0. The van der Waals surface area contributed by atoms with E-state index in [0.717, 1.165) is 72.8 Å². The number of rotatable bonds is 24. The number of carbonyl (C=O) groups is 7. The molecule has 0 radical (unpaired) electrons. The number of methoxy groups -OCH3 is 1. The Morgan fingerprint density at radius 3 is 2.06 bits per heavy atom. The molecule has 0 spiro atoms. The van der Waals surface area contributed by atoms with Crippen molar-refractivity contribution in [2.45, 2.75) is 145 Å². The maximum Gasteiger partial charge on any atom is 0.261 e. The largest absolute Gasteiger partial charge is 0.504 e. The lowest BCUT2D eigenvalue weighted by molar-refractivity contribution is -0.433. The maximum atomic E-state index is 14.7. The number of nitrogens with one attached hydrogen (secondary N) is 5. The summed E-state index contributed by atoms with van der Waals surface area (Å²) in [6, 6.07) is 6.02. The van der Waals surface area contributed by atoms with Gasteiger partial charge in [-0.3, -0.25) is 33.6 Å². The summed E-state index contributed by atoms with van der Waals surface area (Å²) < 4.78 is 20.4. The fraction of sp³-hybridized carbons (Fsp3) is 0.534. The Labute approximate surface area is 526 Å². The van der Waals surface area contributed by atoms with Crippen molar-refractivity contribution in [3.63, 3.8) is 0 Å². The van der Waals surface area contributed by atoms with Crippen LogP contribution in [0.3, 0.4) is 0 Å². The first-order chi connectivity index (χ1) is 43.1. The number of nitrogens with two attached hydrogens (primary N) is 1. The molecular weight excluding hydrogens is 1220 g/mol. The number of β-amino-alcohol motifs (C(OH)–C–C–N with tert-alkyl or cyclic N) is 1. The van der Waals surface area contributed by atoms with Crippen LogP contribution in [0.5, 0.6) is 17.2 Å². The summed E-state index contributed by atoms with van der Waals surface area (Å²) in [7, 11) is 1.70. The van der Waals surface area contributed by atoms with Crippen LogP contribution in [0.1, 0.15) is 81.1 Å². The van der Waals surface area contributed by atoms with E-state index in [4.69, 9.17) is 24.6 Å². The van der Waals surface area contributed by atoms with Gasteiger partial charge in [-0.25, -0.2) is 5.26 Å². The molecule has 0 saturated carbocycles. The molecule has 0 aliphatic carbocycles. The molecule has 3 aromatic carbocycles.